The van der Waals surface area contributed by atoms with Crippen molar-refractivity contribution in [1.29, 1.82) is 0 Å². The van der Waals surface area contributed by atoms with Gasteiger partial charge in [0.25, 0.3) is 0 Å². The fraction of sp³-hybridized carbons (Fsp3) is 0.188. The molecule has 106 valence electrons. The zero-order valence-electron chi connectivity index (χ0n) is 11.5. The normalized spacial score (nSPS) is 14.5. The summed E-state index contributed by atoms with van der Waals surface area (Å²) in [5.41, 5.74) is 4.63. The van der Waals surface area contributed by atoms with E-state index in [1.165, 1.54) is 10.4 Å². The molecule has 3 aromatic rings. The number of aromatic amines is 1. The second-order valence-corrected chi connectivity index (χ2v) is 6.51. The van der Waals surface area contributed by atoms with Crippen LogP contribution in [-0.2, 0) is 0 Å². The smallest absolute Gasteiger partial charge is 0.131 e. The van der Waals surface area contributed by atoms with E-state index in [-0.39, 0.29) is 0 Å². The highest BCUT2D eigenvalue weighted by molar-refractivity contribution is 7.13. The Labute approximate surface area is 131 Å². The fourth-order valence-electron chi connectivity index (χ4n) is 2.77. The van der Waals surface area contributed by atoms with Gasteiger partial charge in [-0.15, -0.1) is 11.3 Å². The number of benzene rings is 1. The van der Waals surface area contributed by atoms with Crippen molar-refractivity contribution in [1.82, 2.24) is 10.3 Å². The van der Waals surface area contributed by atoms with Crippen molar-refractivity contribution in [3.63, 3.8) is 0 Å². The molecule has 0 aliphatic carbocycles. The number of halogens is 1. The van der Waals surface area contributed by atoms with E-state index in [0.29, 0.717) is 0 Å². The Morgan fingerprint density at radius 1 is 1.29 bits per heavy atom. The molecule has 0 fully saturated rings. The number of H-pyrrole nitrogens is 1. The third-order valence-electron chi connectivity index (χ3n) is 3.76. The van der Waals surface area contributed by atoms with Crippen molar-refractivity contribution < 1.29 is 0 Å². The number of fused-ring (bicyclic) bond motifs is 1. The molecule has 4 rings (SSSR count). The Bertz CT molecular complexity index is 860. The molecule has 0 bridgehead atoms. The predicted molar refractivity (Wildman–Crippen MR) is 90.8 cm³/mol. The zero-order valence-corrected chi connectivity index (χ0v) is 13.1. The molecule has 0 spiro atoms. The van der Waals surface area contributed by atoms with Gasteiger partial charge in [0.1, 0.15) is 5.84 Å². The van der Waals surface area contributed by atoms with Gasteiger partial charge in [0.2, 0.25) is 0 Å². The number of rotatable bonds is 2. The molecular formula is C16H14ClN3S. The molecule has 21 heavy (non-hydrogen) atoms. The van der Waals surface area contributed by atoms with Crippen molar-refractivity contribution in [3.05, 3.63) is 45.8 Å². The molecule has 2 aromatic heterocycles. The summed E-state index contributed by atoms with van der Waals surface area (Å²) in [5.74, 6) is 0.964. The number of hydrogen-bond donors (Lipinski definition) is 2. The lowest BCUT2D eigenvalue weighted by Crippen LogP contribution is -2.19. The summed E-state index contributed by atoms with van der Waals surface area (Å²) >= 11 is 7.94. The van der Waals surface area contributed by atoms with Gasteiger partial charge in [0, 0.05) is 22.5 Å². The minimum atomic E-state index is 0.746. The molecule has 5 heteroatoms. The highest BCUT2D eigenvalue weighted by Gasteiger charge is 2.21. The summed E-state index contributed by atoms with van der Waals surface area (Å²) < 4.78 is 0. The van der Waals surface area contributed by atoms with Crippen molar-refractivity contribution in [3.8, 4) is 10.6 Å². The largest absolute Gasteiger partial charge is 0.368 e. The quantitative estimate of drug-likeness (QED) is 0.730. The maximum Gasteiger partial charge on any atom is 0.131 e. The van der Waals surface area contributed by atoms with Crippen LogP contribution in [0.5, 0.6) is 0 Å². The maximum atomic E-state index is 6.19. The number of aromatic nitrogens is 1. The first-order chi connectivity index (χ1) is 10.2. The Balaban J connectivity index is 2.06. The lowest BCUT2D eigenvalue weighted by molar-refractivity contribution is 0.960. The van der Waals surface area contributed by atoms with Crippen molar-refractivity contribution >= 4 is 39.7 Å². The van der Waals surface area contributed by atoms with E-state index in [2.05, 4.69) is 33.7 Å². The molecule has 0 amide bonds. The van der Waals surface area contributed by atoms with Crippen molar-refractivity contribution in [2.24, 2.45) is 4.99 Å². The second kappa shape index (κ2) is 4.90. The van der Waals surface area contributed by atoms with Gasteiger partial charge in [-0.2, -0.15) is 0 Å². The SMILES string of the molecule is Cc1ccsc1-c1[nH]c2ccc(Cl)cc2c1C1=NCCN1. The first-order valence-electron chi connectivity index (χ1n) is 6.88. The molecule has 0 saturated heterocycles. The summed E-state index contributed by atoms with van der Waals surface area (Å²) in [6.07, 6.45) is 0. The van der Waals surface area contributed by atoms with E-state index >= 15 is 0 Å². The van der Waals surface area contributed by atoms with Crippen molar-refractivity contribution in [2.45, 2.75) is 6.92 Å². The fourth-order valence-corrected chi connectivity index (χ4v) is 3.88. The summed E-state index contributed by atoms with van der Waals surface area (Å²) in [4.78, 5) is 9.41. The van der Waals surface area contributed by atoms with Crippen LogP contribution in [0.15, 0.2) is 34.6 Å². The summed E-state index contributed by atoms with van der Waals surface area (Å²) in [7, 11) is 0. The number of thiophene rings is 1. The van der Waals surface area contributed by atoms with Crippen LogP contribution in [0.1, 0.15) is 11.1 Å². The van der Waals surface area contributed by atoms with Crippen LogP contribution in [0, 0.1) is 6.92 Å². The van der Waals surface area contributed by atoms with Crippen LogP contribution >= 0.6 is 22.9 Å². The zero-order chi connectivity index (χ0) is 14.4. The van der Waals surface area contributed by atoms with Gasteiger partial charge in [-0.05, 0) is 42.1 Å². The number of nitrogens with one attached hydrogen (secondary N) is 2. The average molecular weight is 316 g/mol. The molecule has 1 aliphatic heterocycles. The molecule has 2 N–H and O–H groups in total. The molecule has 3 heterocycles. The molecule has 0 unspecified atom stereocenters. The van der Waals surface area contributed by atoms with Crippen LogP contribution in [0.25, 0.3) is 21.5 Å². The highest BCUT2D eigenvalue weighted by atomic mass is 35.5. The monoisotopic (exact) mass is 315 g/mol. The number of aliphatic imine (C=N–C) groups is 1. The van der Waals surface area contributed by atoms with Crippen LogP contribution in [0.2, 0.25) is 5.02 Å². The van der Waals surface area contributed by atoms with Crippen LogP contribution in [-0.4, -0.2) is 23.9 Å². The van der Waals surface area contributed by atoms with Crippen LogP contribution in [0.4, 0.5) is 0 Å². The van der Waals surface area contributed by atoms with E-state index in [4.69, 9.17) is 11.6 Å². The van der Waals surface area contributed by atoms with Crippen molar-refractivity contribution in [2.75, 3.05) is 13.1 Å². The Morgan fingerprint density at radius 3 is 2.90 bits per heavy atom. The van der Waals surface area contributed by atoms with Gasteiger partial charge in [-0.3, -0.25) is 4.99 Å². The number of amidine groups is 1. The third kappa shape index (κ3) is 2.06. The minimum absolute atomic E-state index is 0.746. The number of hydrogen-bond acceptors (Lipinski definition) is 3. The van der Waals surface area contributed by atoms with Gasteiger partial charge >= 0.3 is 0 Å². The lowest BCUT2D eigenvalue weighted by atomic mass is 10.1. The topological polar surface area (TPSA) is 40.2 Å². The molecular weight excluding hydrogens is 302 g/mol. The first kappa shape index (κ1) is 12.9. The van der Waals surface area contributed by atoms with Crippen LogP contribution in [0.3, 0.4) is 0 Å². The first-order valence-corrected chi connectivity index (χ1v) is 8.14. The van der Waals surface area contributed by atoms with E-state index in [0.717, 1.165) is 46.1 Å². The van der Waals surface area contributed by atoms with Gasteiger partial charge in [-0.1, -0.05) is 11.6 Å². The predicted octanol–water partition coefficient (Wildman–Crippen LogP) is 4.21. The van der Waals surface area contributed by atoms with E-state index in [9.17, 15) is 0 Å². The van der Waals surface area contributed by atoms with Crippen LogP contribution < -0.4 is 5.32 Å². The second-order valence-electron chi connectivity index (χ2n) is 5.15. The van der Waals surface area contributed by atoms with E-state index < -0.39 is 0 Å². The number of nitrogens with zero attached hydrogens (tertiary/aromatic N) is 1. The third-order valence-corrected chi connectivity index (χ3v) is 5.03. The molecule has 0 atom stereocenters. The molecule has 1 aliphatic rings. The van der Waals surface area contributed by atoms with Gasteiger partial charge in [0.15, 0.2) is 0 Å². The lowest BCUT2D eigenvalue weighted by Gasteiger charge is -2.05. The molecule has 1 aromatic carbocycles. The average Bonchev–Trinajstić information content (AvgIpc) is 3.16. The Kier molecular flexibility index (Phi) is 3.01. The summed E-state index contributed by atoms with van der Waals surface area (Å²) in [6, 6.07) is 8.10. The van der Waals surface area contributed by atoms with E-state index in [1.807, 2.05) is 18.2 Å². The van der Waals surface area contributed by atoms with Gasteiger partial charge < -0.3 is 10.3 Å². The maximum absolute atomic E-state index is 6.19. The molecule has 0 saturated carbocycles. The van der Waals surface area contributed by atoms with Gasteiger partial charge in [-0.25, -0.2) is 0 Å². The number of aryl methyl sites for hydroxylation is 1. The van der Waals surface area contributed by atoms with E-state index in [1.54, 1.807) is 11.3 Å². The Morgan fingerprint density at radius 2 is 2.19 bits per heavy atom. The highest BCUT2D eigenvalue weighted by Crippen LogP contribution is 2.36. The Hall–Kier alpha value is -1.78. The molecule has 3 nitrogen and oxygen atoms in total. The molecule has 0 radical (unpaired) electrons. The minimum Gasteiger partial charge on any atom is -0.368 e. The standard InChI is InChI=1S/C16H14ClN3S/c1-9-4-7-21-15(9)14-13(16-18-5-6-19-16)11-8-10(17)2-3-12(11)20-14/h2-4,7-8,20H,5-6H2,1H3,(H,18,19). The summed E-state index contributed by atoms with van der Waals surface area (Å²) in [6.45, 7) is 3.86. The van der Waals surface area contributed by atoms with Gasteiger partial charge in [0.05, 0.1) is 22.7 Å². The summed E-state index contributed by atoms with van der Waals surface area (Å²) in [5, 5.41) is 7.38.